The number of aromatic hydroxyl groups is 1. The Hall–Kier alpha value is -2.83. The Bertz CT molecular complexity index is 930. The van der Waals surface area contributed by atoms with Crippen LogP contribution < -0.4 is 9.47 Å². The van der Waals surface area contributed by atoms with Crippen LogP contribution in [0.15, 0.2) is 42.2 Å². The molecule has 0 radical (unpaired) electrons. The van der Waals surface area contributed by atoms with Crippen LogP contribution in [0, 0.1) is 0 Å². The molecule has 28 heavy (non-hydrogen) atoms. The maximum absolute atomic E-state index is 12.9. The number of para-hydroxylation sites is 1. The number of hydrogen-bond acceptors (Lipinski definition) is 6. The average Bonchev–Trinajstić information content (AvgIpc) is 3.02. The predicted molar refractivity (Wildman–Crippen MR) is 107 cm³/mol. The van der Waals surface area contributed by atoms with E-state index in [2.05, 4.69) is 16.8 Å². The highest BCUT2D eigenvalue weighted by molar-refractivity contribution is 6.15. The number of methoxy groups -OCH3 is 1. The maximum Gasteiger partial charge on any atom is 0.231 e. The first kappa shape index (κ1) is 18.5. The molecule has 2 aromatic carbocycles. The molecule has 6 nitrogen and oxygen atoms in total. The summed E-state index contributed by atoms with van der Waals surface area (Å²) < 4.78 is 11.3. The molecule has 0 aromatic heterocycles. The lowest BCUT2D eigenvalue weighted by Crippen LogP contribution is -2.43. The second-order valence-corrected chi connectivity index (χ2v) is 7.20. The Balaban J connectivity index is 1.64. The largest absolute Gasteiger partial charge is 0.507 e. The molecule has 0 aliphatic carbocycles. The average molecular weight is 380 g/mol. The summed E-state index contributed by atoms with van der Waals surface area (Å²) in [7, 11) is 3.70. The SMILES string of the molecule is COc1ccccc1C=C1Oc2c(ccc(O)c2CN2CCN(C)CC2)C1=O. The summed E-state index contributed by atoms with van der Waals surface area (Å²) >= 11 is 0. The number of benzene rings is 2. The Kier molecular flexibility index (Phi) is 5.07. The molecule has 1 saturated heterocycles. The summed E-state index contributed by atoms with van der Waals surface area (Å²) in [5.74, 6) is 1.35. The van der Waals surface area contributed by atoms with E-state index in [-0.39, 0.29) is 17.3 Å². The van der Waals surface area contributed by atoms with Gasteiger partial charge >= 0.3 is 0 Å². The number of ether oxygens (including phenoxy) is 2. The molecule has 0 unspecified atom stereocenters. The van der Waals surface area contributed by atoms with E-state index in [4.69, 9.17) is 9.47 Å². The van der Waals surface area contributed by atoms with Crippen molar-refractivity contribution >= 4 is 11.9 Å². The normalized spacial score (nSPS) is 18.9. The van der Waals surface area contributed by atoms with Crippen molar-refractivity contribution < 1.29 is 19.4 Å². The number of allylic oxidation sites excluding steroid dienone is 1. The number of piperazine rings is 1. The molecular formula is C22H24N2O4. The number of likely N-dealkylation sites (N-methyl/N-ethyl adjacent to an activating group) is 1. The topological polar surface area (TPSA) is 62.2 Å². The number of Topliss-reactive ketones (excluding diaryl/α,β-unsaturated/α-hetero) is 1. The van der Waals surface area contributed by atoms with Crippen LogP contribution in [0.4, 0.5) is 0 Å². The minimum atomic E-state index is -0.180. The number of phenolic OH excluding ortho intramolecular Hbond substituents is 1. The van der Waals surface area contributed by atoms with Gasteiger partial charge in [0, 0.05) is 38.3 Å². The number of nitrogens with zero attached hydrogens (tertiary/aromatic N) is 2. The summed E-state index contributed by atoms with van der Waals surface area (Å²) in [5.41, 5.74) is 1.92. The van der Waals surface area contributed by atoms with Crippen molar-refractivity contribution in [2.75, 3.05) is 40.3 Å². The van der Waals surface area contributed by atoms with E-state index < -0.39 is 0 Å². The van der Waals surface area contributed by atoms with Gasteiger partial charge in [0.15, 0.2) is 5.76 Å². The van der Waals surface area contributed by atoms with Crippen molar-refractivity contribution in [3.8, 4) is 17.2 Å². The highest BCUT2D eigenvalue weighted by Crippen LogP contribution is 2.40. The molecule has 1 fully saturated rings. The van der Waals surface area contributed by atoms with Crippen LogP contribution in [0.5, 0.6) is 17.2 Å². The minimum Gasteiger partial charge on any atom is -0.507 e. The summed E-state index contributed by atoms with van der Waals surface area (Å²) in [6.45, 7) is 4.34. The van der Waals surface area contributed by atoms with Gasteiger partial charge < -0.3 is 19.5 Å². The zero-order chi connectivity index (χ0) is 19.7. The molecule has 4 rings (SSSR count). The summed E-state index contributed by atoms with van der Waals surface area (Å²) in [4.78, 5) is 17.4. The van der Waals surface area contributed by atoms with Gasteiger partial charge in [-0.25, -0.2) is 0 Å². The Morgan fingerprint density at radius 2 is 1.89 bits per heavy atom. The molecule has 2 aromatic rings. The molecule has 6 heteroatoms. The first-order chi connectivity index (χ1) is 13.6. The lowest BCUT2D eigenvalue weighted by Gasteiger charge is -2.32. The molecule has 0 atom stereocenters. The van der Waals surface area contributed by atoms with Gasteiger partial charge in [-0.15, -0.1) is 0 Å². The molecule has 0 saturated carbocycles. The summed E-state index contributed by atoms with van der Waals surface area (Å²) in [6.07, 6.45) is 1.69. The Morgan fingerprint density at radius 3 is 2.64 bits per heavy atom. The summed E-state index contributed by atoms with van der Waals surface area (Å²) in [5, 5.41) is 10.4. The fourth-order valence-electron chi connectivity index (χ4n) is 3.61. The third kappa shape index (κ3) is 3.48. The first-order valence-corrected chi connectivity index (χ1v) is 9.40. The minimum absolute atomic E-state index is 0.156. The van der Waals surface area contributed by atoms with Crippen LogP contribution >= 0.6 is 0 Å². The summed E-state index contributed by atoms with van der Waals surface area (Å²) in [6, 6.07) is 10.7. The third-order valence-corrected chi connectivity index (χ3v) is 5.32. The van der Waals surface area contributed by atoms with Crippen molar-refractivity contribution in [2.45, 2.75) is 6.54 Å². The van der Waals surface area contributed by atoms with Gasteiger partial charge in [0.25, 0.3) is 0 Å². The highest BCUT2D eigenvalue weighted by Gasteiger charge is 2.32. The second-order valence-electron chi connectivity index (χ2n) is 7.20. The number of carbonyl (C=O) groups excluding carboxylic acids is 1. The van der Waals surface area contributed by atoms with Crippen LogP contribution in [0.3, 0.4) is 0 Å². The van der Waals surface area contributed by atoms with Crippen LogP contribution in [-0.2, 0) is 6.54 Å². The molecule has 2 heterocycles. The van der Waals surface area contributed by atoms with Crippen molar-refractivity contribution in [1.82, 2.24) is 9.80 Å². The number of carbonyl (C=O) groups is 1. The number of ketones is 1. The van der Waals surface area contributed by atoms with E-state index in [0.717, 1.165) is 31.7 Å². The van der Waals surface area contributed by atoms with Gasteiger partial charge in [0.05, 0.1) is 18.2 Å². The standard InChI is InChI=1S/C22H24N2O4/c1-23-9-11-24(12-10-23)14-17-18(25)8-7-16-21(26)20(28-22(16)17)13-15-5-3-4-6-19(15)27-2/h3-8,13,25H,9-12,14H2,1-2H3. The van der Waals surface area contributed by atoms with Crippen LogP contribution in [0.2, 0.25) is 0 Å². The molecule has 0 spiro atoms. The Labute approximate surface area is 164 Å². The molecule has 2 aliphatic heterocycles. The molecule has 0 bridgehead atoms. The maximum atomic E-state index is 12.9. The molecule has 0 amide bonds. The van der Waals surface area contributed by atoms with Gasteiger partial charge in [-0.1, -0.05) is 18.2 Å². The predicted octanol–water partition coefficient (Wildman–Crippen LogP) is 2.76. The van der Waals surface area contributed by atoms with Crippen molar-refractivity contribution in [3.05, 3.63) is 58.8 Å². The van der Waals surface area contributed by atoms with E-state index in [9.17, 15) is 9.90 Å². The zero-order valence-corrected chi connectivity index (χ0v) is 16.1. The number of fused-ring (bicyclic) bond motifs is 1. The van der Waals surface area contributed by atoms with Gasteiger partial charge in [0.2, 0.25) is 5.78 Å². The van der Waals surface area contributed by atoms with Gasteiger partial charge in [-0.2, -0.15) is 0 Å². The number of phenols is 1. The zero-order valence-electron chi connectivity index (χ0n) is 16.1. The lowest BCUT2D eigenvalue weighted by molar-refractivity contribution is 0.101. The fourth-order valence-corrected chi connectivity index (χ4v) is 3.61. The number of hydrogen-bond donors (Lipinski definition) is 1. The smallest absolute Gasteiger partial charge is 0.231 e. The molecule has 2 aliphatic rings. The van der Waals surface area contributed by atoms with Crippen LogP contribution in [0.25, 0.3) is 6.08 Å². The van der Waals surface area contributed by atoms with Crippen molar-refractivity contribution in [3.63, 3.8) is 0 Å². The van der Waals surface area contributed by atoms with Gasteiger partial charge in [-0.05, 0) is 31.3 Å². The van der Waals surface area contributed by atoms with E-state index in [1.807, 2.05) is 24.3 Å². The van der Waals surface area contributed by atoms with E-state index in [0.29, 0.717) is 29.2 Å². The Morgan fingerprint density at radius 1 is 1.14 bits per heavy atom. The fraction of sp³-hybridized carbons (Fsp3) is 0.318. The molecule has 146 valence electrons. The van der Waals surface area contributed by atoms with Gasteiger partial charge in [-0.3, -0.25) is 9.69 Å². The highest BCUT2D eigenvalue weighted by atomic mass is 16.5. The first-order valence-electron chi connectivity index (χ1n) is 9.40. The van der Waals surface area contributed by atoms with E-state index in [1.165, 1.54) is 0 Å². The van der Waals surface area contributed by atoms with E-state index >= 15 is 0 Å². The van der Waals surface area contributed by atoms with E-state index in [1.54, 1.807) is 25.3 Å². The van der Waals surface area contributed by atoms with Gasteiger partial charge in [0.1, 0.15) is 17.2 Å². The van der Waals surface area contributed by atoms with Crippen molar-refractivity contribution in [2.24, 2.45) is 0 Å². The van der Waals surface area contributed by atoms with Crippen molar-refractivity contribution in [1.29, 1.82) is 0 Å². The molecular weight excluding hydrogens is 356 g/mol. The molecule has 1 N–H and O–H groups in total. The van der Waals surface area contributed by atoms with Crippen LogP contribution in [0.1, 0.15) is 21.5 Å². The quantitative estimate of drug-likeness (QED) is 0.823. The second kappa shape index (κ2) is 7.66. The monoisotopic (exact) mass is 380 g/mol. The number of rotatable bonds is 4. The lowest BCUT2D eigenvalue weighted by atomic mass is 10.0. The van der Waals surface area contributed by atoms with Crippen LogP contribution in [-0.4, -0.2) is 61.0 Å². The third-order valence-electron chi connectivity index (χ3n) is 5.32.